The van der Waals surface area contributed by atoms with Crippen molar-refractivity contribution in [2.75, 3.05) is 13.6 Å². The number of amides is 2. The van der Waals surface area contributed by atoms with Crippen molar-refractivity contribution in [3.8, 4) is 0 Å². The quantitative estimate of drug-likeness (QED) is 0.608. The molecule has 1 atom stereocenters. The van der Waals surface area contributed by atoms with Crippen molar-refractivity contribution in [1.29, 1.82) is 0 Å². The van der Waals surface area contributed by atoms with E-state index in [4.69, 9.17) is 11.6 Å². The van der Waals surface area contributed by atoms with Crippen LogP contribution >= 0.6 is 11.6 Å². The largest absolute Gasteiger partial charge is 0.350 e. The number of nitrogens with one attached hydrogen (secondary N) is 1. The number of carbonyl (C=O) groups excluding carboxylic acids is 2. The van der Waals surface area contributed by atoms with E-state index in [-0.39, 0.29) is 17.3 Å². The second kappa shape index (κ2) is 10.7. The molecule has 1 unspecified atom stereocenters. The molecule has 0 aliphatic rings. The van der Waals surface area contributed by atoms with Gasteiger partial charge in [-0.2, -0.15) is 4.31 Å². The van der Waals surface area contributed by atoms with Crippen LogP contribution in [0, 0.1) is 6.92 Å². The van der Waals surface area contributed by atoms with E-state index < -0.39 is 34.1 Å². The molecule has 0 aromatic heterocycles. The van der Waals surface area contributed by atoms with Crippen LogP contribution in [0.1, 0.15) is 38.8 Å². The zero-order valence-corrected chi connectivity index (χ0v) is 21.5. The van der Waals surface area contributed by atoms with E-state index >= 15 is 0 Å². The average Bonchev–Trinajstić information content (AvgIpc) is 2.71. The Morgan fingerprint density at radius 2 is 1.58 bits per heavy atom. The highest BCUT2D eigenvalue weighted by atomic mass is 35.5. The molecule has 1 N–H and O–H groups in total. The van der Waals surface area contributed by atoms with Gasteiger partial charge in [-0.1, -0.05) is 41.4 Å². The van der Waals surface area contributed by atoms with Gasteiger partial charge in [-0.3, -0.25) is 9.59 Å². The van der Waals surface area contributed by atoms with Gasteiger partial charge in [-0.05, 0) is 64.4 Å². The first kappa shape index (κ1) is 26.8. The second-order valence-corrected chi connectivity index (χ2v) is 11.6. The molecule has 0 radical (unpaired) electrons. The molecule has 0 aliphatic carbocycles. The molecule has 0 heterocycles. The summed E-state index contributed by atoms with van der Waals surface area (Å²) in [5, 5.41) is 3.30. The summed E-state index contributed by atoms with van der Waals surface area (Å²) in [5.74, 6) is -0.793. The molecule has 0 bridgehead atoms. The summed E-state index contributed by atoms with van der Waals surface area (Å²) >= 11 is 5.86. The molecular weight excluding hydrogens is 462 g/mol. The summed E-state index contributed by atoms with van der Waals surface area (Å²) in [6.45, 7) is 8.93. The van der Waals surface area contributed by atoms with E-state index in [1.165, 1.54) is 36.2 Å². The van der Waals surface area contributed by atoms with Crippen LogP contribution in [0.4, 0.5) is 0 Å². The molecule has 2 aromatic carbocycles. The molecule has 0 aliphatic heterocycles. The van der Waals surface area contributed by atoms with E-state index in [0.29, 0.717) is 5.02 Å². The maximum Gasteiger partial charge on any atom is 0.243 e. The minimum Gasteiger partial charge on any atom is -0.350 e. The third-order valence-corrected chi connectivity index (χ3v) is 7.09. The summed E-state index contributed by atoms with van der Waals surface area (Å²) in [6.07, 6.45) is 0. The third kappa shape index (κ3) is 7.55. The second-order valence-electron chi connectivity index (χ2n) is 9.14. The number of carbonyl (C=O) groups is 2. The van der Waals surface area contributed by atoms with Crippen LogP contribution in [-0.4, -0.2) is 54.6 Å². The van der Waals surface area contributed by atoms with Crippen molar-refractivity contribution in [2.45, 2.75) is 57.6 Å². The molecule has 7 nitrogen and oxygen atoms in total. The maximum absolute atomic E-state index is 13.3. The smallest absolute Gasteiger partial charge is 0.243 e. The number of hydrogen-bond donors (Lipinski definition) is 1. The molecule has 0 spiro atoms. The average molecular weight is 494 g/mol. The van der Waals surface area contributed by atoms with Gasteiger partial charge in [0.05, 0.1) is 11.4 Å². The molecule has 9 heteroatoms. The normalized spacial score (nSPS) is 13.0. The van der Waals surface area contributed by atoms with E-state index in [9.17, 15) is 18.0 Å². The fourth-order valence-electron chi connectivity index (χ4n) is 3.10. The van der Waals surface area contributed by atoms with Crippen LogP contribution in [0.3, 0.4) is 0 Å². The number of sulfonamides is 1. The van der Waals surface area contributed by atoms with Crippen LogP contribution in [0.15, 0.2) is 53.4 Å². The Balaban J connectivity index is 2.28. The highest BCUT2D eigenvalue weighted by molar-refractivity contribution is 7.89. The van der Waals surface area contributed by atoms with Gasteiger partial charge in [0.15, 0.2) is 0 Å². The Morgan fingerprint density at radius 3 is 2.09 bits per heavy atom. The molecule has 2 rings (SSSR count). The number of benzene rings is 2. The molecule has 2 aromatic rings. The Bertz CT molecular complexity index is 1080. The van der Waals surface area contributed by atoms with Crippen molar-refractivity contribution in [3.05, 3.63) is 64.7 Å². The van der Waals surface area contributed by atoms with Crippen molar-refractivity contribution in [1.82, 2.24) is 14.5 Å². The van der Waals surface area contributed by atoms with Crippen LogP contribution in [0.25, 0.3) is 0 Å². The Hall–Kier alpha value is -2.42. The molecule has 33 heavy (non-hydrogen) atoms. The van der Waals surface area contributed by atoms with Crippen LogP contribution in [-0.2, 0) is 26.2 Å². The van der Waals surface area contributed by atoms with E-state index in [2.05, 4.69) is 5.32 Å². The van der Waals surface area contributed by atoms with Gasteiger partial charge in [0.1, 0.15) is 6.04 Å². The summed E-state index contributed by atoms with van der Waals surface area (Å²) in [5.41, 5.74) is 1.44. The van der Waals surface area contributed by atoms with Gasteiger partial charge < -0.3 is 10.2 Å². The Morgan fingerprint density at radius 1 is 1.03 bits per heavy atom. The lowest BCUT2D eigenvalue weighted by Crippen LogP contribution is -2.54. The predicted molar refractivity (Wildman–Crippen MR) is 130 cm³/mol. The van der Waals surface area contributed by atoms with Gasteiger partial charge in [0.25, 0.3) is 0 Å². The van der Waals surface area contributed by atoms with E-state index in [1.807, 2.05) is 52.0 Å². The molecule has 180 valence electrons. The third-order valence-electron chi connectivity index (χ3n) is 5.02. The number of halogens is 1. The first-order valence-corrected chi connectivity index (χ1v) is 12.4. The van der Waals surface area contributed by atoms with Crippen LogP contribution < -0.4 is 5.32 Å². The summed E-state index contributed by atoms with van der Waals surface area (Å²) in [4.78, 5) is 27.6. The number of nitrogens with zero attached hydrogens (tertiary/aromatic N) is 2. The number of aryl methyl sites for hydroxylation is 1. The van der Waals surface area contributed by atoms with Gasteiger partial charge in [0, 0.05) is 24.2 Å². The first-order chi connectivity index (χ1) is 15.2. The molecular formula is C24H32ClN3O4S. The topological polar surface area (TPSA) is 86.8 Å². The zero-order chi connectivity index (χ0) is 25.0. The number of rotatable bonds is 8. The molecule has 0 saturated carbocycles. The minimum absolute atomic E-state index is 0.0332. The SMILES string of the molecule is Cc1ccc(CN(C(=O)CN(C)S(=O)(=O)c2ccc(Cl)cc2)C(C)C(=O)NC(C)(C)C)cc1. The highest BCUT2D eigenvalue weighted by Gasteiger charge is 2.31. The van der Waals surface area contributed by atoms with Crippen molar-refractivity contribution >= 4 is 33.4 Å². The Kier molecular flexibility index (Phi) is 8.68. The lowest BCUT2D eigenvalue weighted by atomic mass is 10.1. The van der Waals surface area contributed by atoms with Gasteiger partial charge in [-0.25, -0.2) is 8.42 Å². The predicted octanol–water partition coefficient (Wildman–Crippen LogP) is 3.60. The monoisotopic (exact) mass is 493 g/mol. The first-order valence-electron chi connectivity index (χ1n) is 10.6. The van der Waals surface area contributed by atoms with Gasteiger partial charge >= 0.3 is 0 Å². The molecule has 2 amide bonds. The Labute approximate surface area is 201 Å². The van der Waals surface area contributed by atoms with Gasteiger partial charge in [0.2, 0.25) is 21.8 Å². The fraction of sp³-hybridized carbons (Fsp3) is 0.417. The lowest BCUT2D eigenvalue weighted by molar-refractivity contribution is -0.141. The number of hydrogen-bond acceptors (Lipinski definition) is 4. The van der Waals surface area contributed by atoms with Crippen molar-refractivity contribution in [2.24, 2.45) is 0 Å². The maximum atomic E-state index is 13.3. The van der Waals surface area contributed by atoms with Crippen LogP contribution in [0.2, 0.25) is 5.02 Å². The van der Waals surface area contributed by atoms with Crippen molar-refractivity contribution < 1.29 is 18.0 Å². The van der Waals surface area contributed by atoms with E-state index in [1.54, 1.807) is 6.92 Å². The summed E-state index contributed by atoms with van der Waals surface area (Å²) < 4.78 is 26.8. The number of likely N-dealkylation sites (N-methyl/N-ethyl adjacent to an activating group) is 1. The molecule has 0 saturated heterocycles. The fourth-order valence-corrected chi connectivity index (χ4v) is 4.35. The zero-order valence-electron chi connectivity index (χ0n) is 19.9. The minimum atomic E-state index is -3.91. The molecule has 0 fully saturated rings. The summed E-state index contributed by atoms with van der Waals surface area (Å²) in [7, 11) is -2.57. The highest BCUT2D eigenvalue weighted by Crippen LogP contribution is 2.19. The van der Waals surface area contributed by atoms with Gasteiger partial charge in [-0.15, -0.1) is 0 Å². The van der Waals surface area contributed by atoms with Crippen molar-refractivity contribution in [3.63, 3.8) is 0 Å². The van der Waals surface area contributed by atoms with E-state index in [0.717, 1.165) is 15.4 Å². The standard InChI is InChI=1S/C24H32ClN3O4S/c1-17-7-9-19(10-8-17)15-28(18(2)23(30)26-24(3,4)5)22(29)16-27(6)33(31,32)21-13-11-20(25)12-14-21/h7-14,18H,15-16H2,1-6H3,(H,26,30). The summed E-state index contributed by atoms with van der Waals surface area (Å²) in [6, 6.07) is 12.6. The lowest BCUT2D eigenvalue weighted by Gasteiger charge is -2.32. The van der Waals surface area contributed by atoms with Crippen LogP contribution in [0.5, 0.6) is 0 Å².